The summed E-state index contributed by atoms with van der Waals surface area (Å²) in [6.45, 7) is 4.45. The lowest BCUT2D eigenvalue weighted by Crippen LogP contribution is -2.05. The van der Waals surface area contributed by atoms with E-state index in [0.29, 0.717) is 58.2 Å². The summed E-state index contributed by atoms with van der Waals surface area (Å²) >= 11 is 0.755. The molecule has 2 heterocycles. The number of fused-ring (bicyclic) bond motifs is 1. The van der Waals surface area contributed by atoms with Crippen molar-refractivity contribution < 1.29 is 28.8 Å². The van der Waals surface area contributed by atoms with Crippen molar-refractivity contribution in [2.75, 3.05) is 20.3 Å². The number of hydrogen-bond donors (Lipinski definition) is 1. The molecule has 2 aromatic heterocycles. The highest BCUT2D eigenvalue weighted by Crippen LogP contribution is 2.48. The van der Waals surface area contributed by atoms with E-state index in [4.69, 9.17) is 14.2 Å². The monoisotopic (exact) mass is 644 g/mol. The number of alkyl halides is 3. The van der Waals surface area contributed by atoms with Gasteiger partial charge in [0.2, 0.25) is 0 Å². The molecule has 0 spiro atoms. The van der Waals surface area contributed by atoms with E-state index in [1.54, 1.807) is 51.3 Å². The zero-order chi connectivity index (χ0) is 30.8. The molecule has 5 rings (SSSR count). The molecule has 0 bridgehead atoms. The molecule has 0 fully saturated rings. The standard InChI is InChI=1S/C29H27F3N4O3S.C3H4.H2S.H2/c1-18-15-22(38-14-13-37-2)9-10-23(18)27-24-16-20(5-11-25(24)40-28(27)29(30,31)32)17-39-21-7-3-19(4-8-21)6-12-26-33-35-36-34-26;1-3-2;;/h3-5,7-11,15-16H,6,12-14,17H2,1-2H3,(H,33,34,35,36);1H,2H3;1H2;1H. The lowest BCUT2D eigenvalue weighted by atomic mass is 9.96. The minimum atomic E-state index is -4.48. The van der Waals surface area contributed by atoms with E-state index in [1.807, 2.05) is 30.3 Å². The van der Waals surface area contributed by atoms with Gasteiger partial charge in [-0.3, -0.25) is 0 Å². The van der Waals surface area contributed by atoms with Gasteiger partial charge in [-0.1, -0.05) is 29.5 Å². The molecule has 5 aromatic rings. The molecule has 44 heavy (non-hydrogen) atoms. The van der Waals surface area contributed by atoms with Gasteiger partial charge in [0.1, 0.15) is 29.6 Å². The summed E-state index contributed by atoms with van der Waals surface area (Å²) in [4.78, 5) is -0.617. The number of ether oxygens (including phenoxy) is 3. The van der Waals surface area contributed by atoms with Crippen LogP contribution < -0.4 is 9.47 Å². The predicted octanol–water partition coefficient (Wildman–Crippen LogP) is 7.80. The molecule has 0 unspecified atom stereocenters. The highest BCUT2D eigenvalue weighted by atomic mass is 32.1. The Morgan fingerprint density at radius 2 is 1.66 bits per heavy atom. The first-order valence-corrected chi connectivity index (χ1v) is 14.2. The van der Waals surface area contributed by atoms with Gasteiger partial charge in [-0.25, -0.2) is 0 Å². The van der Waals surface area contributed by atoms with Crippen LogP contribution in [0.2, 0.25) is 0 Å². The van der Waals surface area contributed by atoms with E-state index in [1.165, 1.54) is 0 Å². The van der Waals surface area contributed by atoms with Crippen molar-refractivity contribution >= 4 is 34.9 Å². The number of halogens is 3. The first-order valence-electron chi connectivity index (χ1n) is 13.4. The SMILES string of the molecule is C#CC.COCCOc1ccc(-c2c(C(F)(F)F)sc3ccc(COc4ccc(CCc5nn[nH]n5)cc4)cc23)c(C)c1.S.[HH]. The average Bonchev–Trinajstić information content (AvgIpc) is 3.64. The number of methoxy groups -OCH3 is 1. The smallest absolute Gasteiger partial charge is 0.426 e. The van der Waals surface area contributed by atoms with Gasteiger partial charge in [0.25, 0.3) is 0 Å². The van der Waals surface area contributed by atoms with Gasteiger partial charge in [-0.15, -0.1) is 33.9 Å². The number of thiophene rings is 1. The fourth-order valence-corrected chi connectivity index (χ4v) is 5.48. The molecule has 3 aromatic carbocycles. The average molecular weight is 645 g/mol. The van der Waals surface area contributed by atoms with Crippen LogP contribution in [0.25, 0.3) is 21.2 Å². The zero-order valence-corrected chi connectivity index (χ0v) is 26.3. The summed E-state index contributed by atoms with van der Waals surface area (Å²) in [6.07, 6.45) is 1.54. The number of aromatic amines is 1. The molecule has 0 saturated carbocycles. The van der Waals surface area contributed by atoms with Crippen molar-refractivity contribution in [3.05, 3.63) is 88.1 Å². The van der Waals surface area contributed by atoms with Crippen LogP contribution in [-0.4, -0.2) is 40.9 Å². The van der Waals surface area contributed by atoms with Gasteiger partial charge in [0, 0.05) is 30.6 Å². The molecule has 234 valence electrons. The van der Waals surface area contributed by atoms with Gasteiger partial charge in [0.15, 0.2) is 5.82 Å². The Kier molecular flexibility index (Phi) is 12.6. The van der Waals surface area contributed by atoms with Crippen molar-refractivity contribution in [1.29, 1.82) is 0 Å². The fraction of sp³-hybridized carbons (Fsp3) is 0.281. The van der Waals surface area contributed by atoms with Crippen molar-refractivity contribution in [2.24, 2.45) is 0 Å². The summed E-state index contributed by atoms with van der Waals surface area (Å²) < 4.78 is 59.7. The van der Waals surface area contributed by atoms with E-state index in [0.717, 1.165) is 28.9 Å². The Balaban J connectivity index is 0.00000136. The van der Waals surface area contributed by atoms with Crippen LogP contribution in [0, 0.1) is 19.3 Å². The lowest BCUT2D eigenvalue weighted by Gasteiger charge is -2.13. The Labute approximate surface area is 266 Å². The van der Waals surface area contributed by atoms with E-state index in [9.17, 15) is 13.2 Å². The van der Waals surface area contributed by atoms with Crippen LogP contribution in [0.3, 0.4) is 0 Å². The highest BCUT2D eigenvalue weighted by Gasteiger charge is 2.37. The van der Waals surface area contributed by atoms with E-state index in [2.05, 4.69) is 33.0 Å². The van der Waals surface area contributed by atoms with Crippen molar-refractivity contribution in [2.45, 2.75) is 39.5 Å². The van der Waals surface area contributed by atoms with Gasteiger partial charge >= 0.3 is 6.18 Å². The van der Waals surface area contributed by atoms with E-state index in [-0.39, 0.29) is 27.1 Å². The second-order valence-electron chi connectivity index (χ2n) is 9.50. The first kappa shape index (κ1) is 34.4. The lowest BCUT2D eigenvalue weighted by molar-refractivity contribution is -0.133. The molecule has 0 amide bonds. The number of aromatic nitrogens is 4. The van der Waals surface area contributed by atoms with Crippen LogP contribution in [0.15, 0.2) is 60.7 Å². The summed E-state index contributed by atoms with van der Waals surface area (Å²) in [6, 6.07) is 18.2. The molecule has 0 atom stereocenters. The number of hydrogen-bond acceptors (Lipinski definition) is 7. The third-order valence-electron chi connectivity index (χ3n) is 6.39. The van der Waals surface area contributed by atoms with Crippen molar-refractivity contribution in [3.63, 3.8) is 0 Å². The molecule has 1 N–H and O–H groups in total. The first-order chi connectivity index (χ1) is 20.7. The van der Waals surface area contributed by atoms with Crippen LogP contribution >= 0.6 is 24.8 Å². The van der Waals surface area contributed by atoms with Crippen LogP contribution in [-0.2, 0) is 30.4 Å². The van der Waals surface area contributed by atoms with Gasteiger partial charge in [0.05, 0.1) is 6.61 Å². The number of terminal acetylenes is 1. The van der Waals surface area contributed by atoms with Crippen LogP contribution in [0.1, 0.15) is 35.7 Å². The molecular formula is C32H35F3N4O3S2. The van der Waals surface area contributed by atoms with Gasteiger partial charge in [-0.05, 0) is 78.9 Å². The Bertz CT molecular complexity index is 1670. The molecule has 0 aliphatic rings. The van der Waals surface area contributed by atoms with Crippen LogP contribution in [0.5, 0.6) is 11.5 Å². The van der Waals surface area contributed by atoms with Crippen molar-refractivity contribution in [1.82, 2.24) is 20.6 Å². The minimum absolute atomic E-state index is 0. The largest absolute Gasteiger partial charge is 0.491 e. The number of benzene rings is 3. The predicted molar refractivity (Wildman–Crippen MR) is 174 cm³/mol. The Hall–Kier alpha value is -4.05. The number of rotatable bonds is 11. The molecule has 0 saturated heterocycles. The maximum absolute atomic E-state index is 14.2. The summed E-state index contributed by atoms with van der Waals surface area (Å²) in [5.74, 6) is 4.16. The number of tetrazole rings is 1. The maximum Gasteiger partial charge on any atom is 0.426 e. The van der Waals surface area contributed by atoms with E-state index < -0.39 is 11.1 Å². The van der Waals surface area contributed by atoms with Gasteiger partial charge < -0.3 is 14.2 Å². The molecule has 0 aliphatic carbocycles. The minimum Gasteiger partial charge on any atom is -0.491 e. The number of nitrogens with one attached hydrogen (secondary N) is 1. The fourth-order valence-electron chi connectivity index (χ4n) is 4.41. The number of nitrogens with zero attached hydrogens (tertiary/aromatic N) is 3. The normalized spacial score (nSPS) is 10.8. The number of aryl methyl sites for hydroxylation is 3. The number of H-pyrrole nitrogens is 1. The zero-order valence-electron chi connectivity index (χ0n) is 24.5. The molecule has 12 heteroatoms. The highest BCUT2D eigenvalue weighted by molar-refractivity contribution is 7.59. The van der Waals surface area contributed by atoms with E-state index >= 15 is 0 Å². The maximum atomic E-state index is 14.2. The molecule has 0 aliphatic heterocycles. The molecule has 7 nitrogen and oxygen atoms in total. The summed E-state index contributed by atoms with van der Waals surface area (Å²) in [7, 11) is 1.58. The molecular weight excluding hydrogens is 610 g/mol. The summed E-state index contributed by atoms with van der Waals surface area (Å²) in [5, 5.41) is 14.4. The second kappa shape index (κ2) is 16.1. The van der Waals surface area contributed by atoms with Crippen LogP contribution in [0.4, 0.5) is 13.2 Å². The Morgan fingerprint density at radius 1 is 0.955 bits per heavy atom. The molecule has 0 radical (unpaired) electrons. The Morgan fingerprint density at radius 3 is 2.30 bits per heavy atom. The van der Waals surface area contributed by atoms with Gasteiger partial charge in [-0.2, -0.15) is 31.9 Å². The third kappa shape index (κ3) is 8.98. The third-order valence-corrected chi connectivity index (χ3v) is 7.60. The second-order valence-corrected chi connectivity index (χ2v) is 10.6. The summed E-state index contributed by atoms with van der Waals surface area (Å²) in [5.41, 5.74) is 3.28. The quantitative estimate of drug-likeness (QED) is 0.117. The topological polar surface area (TPSA) is 82.1 Å². The van der Waals surface area contributed by atoms with Crippen molar-refractivity contribution in [3.8, 4) is 35.0 Å².